The Kier molecular flexibility index (Phi) is 2.60. The van der Waals surface area contributed by atoms with Crippen molar-refractivity contribution in [1.82, 2.24) is 5.16 Å². The number of aromatic nitrogens is 1. The Balaban J connectivity index is 1.87. The van der Waals surface area contributed by atoms with E-state index < -0.39 is 0 Å². The summed E-state index contributed by atoms with van der Waals surface area (Å²) in [5.74, 6) is 0.945. The Morgan fingerprint density at radius 3 is 2.89 bits per heavy atom. The van der Waals surface area contributed by atoms with Crippen LogP contribution in [0, 0.1) is 6.92 Å². The standard InChI is InChI=1S/C13H10N2O2S/c1-8-6-12(15-17-8)14-13(16)11-7-9-4-2-3-5-10(9)18-11/h2-7H,1H3,(H,14,15,16). The third-order valence-electron chi connectivity index (χ3n) is 2.52. The van der Waals surface area contributed by atoms with Gasteiger partial charge in [0.2, 0.25) is 0 Å². The van der Waals surface area contributed by atoms with Gasteiger partial charge in [0.15, 0.2) is 5.82 Å². The minimum absolute atomic E-state index is 0.162. The van der Waals surface area contributed by atoms with E-state index in [1.54, 1.807) is 13.0 Å². The van der Waals surface area contributed by atoms with E-state index in [-0.39, 0.29) is 5.91 Å². The highest BCUT2D eigenvalue weighted by atomic mass is 32.1. The number of nitrogens with one attached hydrogen (secondary N) is 1. The molecule has 2 heterocycles. The molecule has 3 aromatic rings. The predicted octanol–water partition coefficient (Wildman–Crippen LogP) is 3.45. The minimum atomic E-state index is -0.162. The number of fused-ring (bicyclic) bond motifs is 1. The van der Waals surface area contributed by atoms with E-state index in [9.17, 15) is 4.79 Å². The molecule has 0 aliphatic rings. The molecule has 5 heteroatoms. The van der Waals surface area contributed by atoms with Crippen molar-refractivity contribution in [2.24, 2.45) is 0 Å². The van der Waals surface area contributed by atoms with Crippen molar-refractivity contribution in [1.29, 1.82) is 0 Å². The molecule has 18 heavy (non-hydrogen) atoms. The van der Waals surface area contributed by atoms with Gasteiger partial charge >= 0.3 is 0 Å². The maximum atomic E-state index is 12.0. The van der Waals surface area contributed by atoms with Gasteiger partial charge in [0, 0.05) is 10.8 Å². The molecule has 2 aromatic heterocycles. The first kappa shape index (κ1) is 11.0. The third kappa shape index (κ3) is 2.00. The fraction of sp³-hybridized carbons (Fsp3) is 0.0769. The first-order chi connectivity index (χ1) is 8.72. The molecule has 0 saturated carbocycles. The highest BCUT2D eigenvalue weighted by Gasteiger charge is 2.11. The summed E-state index contributed by atoms with van der Waals surface area (Å²) in [5, 5.41) is 7.51. The molecular formula is C13H10N2O2S. The second-order valence-corrected chi connectivity index (χ2v) is 5.01. The normalized spacial score (nSPS) is 10.7. The summed E-state index contributed by atoms with van der Waals surface area (Å²) in [6, 6.07) is 11.5. The lowest BCUT2D eigenvalue weighted by atomic mass is 10.2. The summed E-state index contributed by atoms with van der Waals surface area (Å²) < 4.78 is 6.00. The number of rotatable bonds is 2. The maximum absolute atomic E-state index is 12.0. The van der Waals surface area contributed by atoms with Gasteiger partial charge in [0.25, 0.3) is 5.91 Å². The fourth-order valence-electron chi connectivity index (χ4n) is 1.70. The molecule has 0 bridgehead atoms. The zero-order chi connectivity index (χ0) is 12.5. The number of aryl methyl sites for hydroxylation is 1. The van der Waals surface area contributed by atoms with E-state index >= 15 is 0 Å². The van der Waals surface area contributed by atoms with E-state index in [4.69, 9.17) is 4.52 Å². The van der Waals surface area contributed by atoms with Crippen LogP contribution in [0.3, 0.4) is 0 Å². The van der Waals surface area contributed by atoms with Crippen molar-refractivity contribution in [3.05, 3.63) is 47.0 Å². The van der Waals surface area contributed by atoms with Crippen LogP contribution in [0.15, 0.2) is 40.9 Å². The van der Waals surface area contributed by atoms with Gasteiger partial charge in [-0.3, -0.25) is 4.79 Å². The van der Waals surface area contributed by atoms with Gasteiger partial charge in [-0.15, -0.1) is 11.3 Å². The molecule has 0 spiro atoms. The largest absolute Gasteiger partial charge is 0.360 e. The Bertz CT molecular complexity index is 681. The first-order valence-electron chi connectivity index (χ1n) is 5.45. The van der Waals surface area contributed by atoms with Crippen LogP contribution in [0.1, 0.15) is 15.4 Å². The number of amides is 1. The van der Waals surface area contributed by atoms with Crippen molar-refractivity contribution in [2.75, 3.05) is 5.32 Å². The van der Waals surface area contributed by atoms with Gasteiger partial charge in [0.1, 0.15) is 5.76 Å². The number of anilines is 1. The first-order valence-corrected chi connectivity index (χ1v) is 6.27. The number of benzene rings is 1. The Hall–Kier alpha value is -2.14. The van der Waals surface area contributed by atoms with Crippen molar-refractivity contribution < 1.29 is 9.32 Å². The topological polar surface area (TPSA) is 55.1 Å². The van der Waals surface area contributed by atoms with Crippen molar-refractivity contribution in [3.8, 4) is 0 Å². The molecule has 1 aromatic carbocycles. The molecular weight excluding hydrogens is 248 g/mol. The number of thiophene rings is 1. The lowest BCUT2D eigenvalue weighted by Crippen LogP contribution is -2.10. The minimum Gasteiger partial charge on any atom is -0.360 e. The number of hydrogen-bond donors (Lipinski definition) is 1. The zero-order valence-corrected chi connectivity index (χ0v) is 10.5. The molecule has 1 N–H and O–H groups in total. The number of carbonyl (C=O) groups excluding carboxylic acids is 1. The van der Waals surface area contributed by atoms with Crippen LogP contribution < -0.4 is 5.32 Å². The number of hydrogen-bond acceptors (Lipinski definition) is 4. The lowest BCUT2D eigenvalue weighted by molar-refractivity contribution is 0.102. The molecule has 0 aliphatic heterocycles. The summed E-state index contributed by atoms with van der Waals surface area (Å²) in [6.45, 7) is 1.78. The average molecular weight is 258 g/mol. The van der Waals surface area contributed by atoms with Crippen molar-refractivity contribution in [3.63, 3.8) is 0 Å². The van der Waals surface area contributed by atoms with Crippen LogP contribution in [-0.4, -0.2) is 11.1 Å². The summed E-state index contributed by atoms with van der Waals surface area (Å²) >= 11 is 1.46. The molecule has 0 saturated heterocycles. The lowest BCUT2D eigenvalue weighted by Gasteiger charge is -1.96. The van der Waals surface area contributed by atoms with E-state index in [0.717, 1.165) is 10.1 Å². The van der Waals surface area contributed by atoms with E-state index in [1.165, 1.54) is 11.3 Å². The van der Waals surface area contributed by atoms with Crippen LogP contribution in [-0.2, 0) is 0 Å². The van der Waals surface area contributed by atoms with Gasteiger partial charge in [-0.2, -0.15) is 0 Å². The molecule has 0 unspecified atom stereocenters. The van der Waals surface area contributed by atoms with Gasteiger partial charge in [-0.25, -0.2) is 0 Å². The summed E-state index contributed by atoms with van der Waals surface area (Å²) in [4.78, 5) is 12.7. The molecule has 4 nitrogen and oxygen atoms in total. The molecule has 1 amide bonds. The average Bonchev–Trinajstić information content (AvgIpc) is 2.95. The second kappa shape index (κ2) is 4.27. The van der Waals surface area contributed by atoms with Crippen LogP contribution in [0.4, 0.5) is 5.82 Å². The van der Waals surface area contributed by atoms with Crippen molar-refractivity contribution in [2.45, 2.75) is 6.92 Å². The van der Waals surface area contributed by atoms with Crippen LogP contribution in [0.25, 0.3) is 10.1 Å². The van der Waals surface area contributed by atoms with E-state index in [2.05, 4.69) is 10.5 Å². The zero-order valence-electron chi connectivity index (χ0n) is 9.64. The molecule has 3 rings (SSSR count). The van der Waals surface area contributed by atoms with E-state index in [1.807, 2.05) is 30.3 Å². The molecule has 90 valence electrons. The van der Waals surface area contributed by atoms with Crippen LogP contribution in [0.5, 0.6) is 0 Å². The summed E-state index contributed by atoms with van der Waals surface area (Å²) in [7, 11) is 0. The fourth-order valence-corrected chi connectivity index (χ4v) is 2.65. The molecule has 0 aliphatic carbocycles. The van der Waals surface area contributed by atoms with Gasteiger partial charge in [-0.1, -0.05) is 23.4 Å². The Morgan fingerprint density at radius 1 is 1.33 bits per heavy atom. The molecule has 0 radical (unpaired) electrons. The smallest absolute Gasteiger partial charge is 0.267 e. The van der Waals surface area contributed by atoms with Crippen LogP contribution >= 0.6 is 11.3 Å². The SMILES string of the molecule is Cc1cc(NC(=O)c2cc3ccccc3s2)no1. The highest BCUT2D eigenvalue weighted by Crippen LogP contribution is 2.25. The number of carbonyl (C=O) groups is 1. The summed E-state index contributed by atoms with van der Waals surface area (Å²) in [5.41, 5.74) is 0. The third-order valence-corrected chi connectivity index (χ3v) is 3.63. The van der Waals surface area contributed by atoms with Crippen molar-refractivity contribution >= 4 is 33.1 Å². The van der Waals surface area contributed by atoms with Gasteiger partial charge in [0.05, 0.1) is 4.88 Å². The number of nitrogens with zero attached hydrogens (tertiary/aromatic N) is 1. The molecule has 0 fully saturated rings. The monoisotopic (exact) mass is 258 g/mol. The van der Waals surface area contributed by atoms with E-state index in [0.29, 0.717) is 16.5 Å². The Morgan fingerprint density at radius 2 is 2.17 bits per heavy atom. The van der Waals surface area contributed by atoms with Gasteiger partial charge in [-0.05, 0) is 24.4 Å². The predicted molar refractivity (Wildman–Crippen MR) is 71.0 cm³/mol. The summed E-state index contributed by atoms with van der Waals surface area (Å²) in [6.07, 6.45) is 0. The second-order valence-electron chi connectivity index (χ2n) is 3.93. The maximum Gasteiger partial charge on any atom is 0.267 e. The van der Waals surface area contributed by atoms with Gasteiger partial charge < -0.3 is 9.84 Å². The molecule has 0 atom stereocenters. The Labute approximate surface area is 107 Å². The van der Waals surface area contributed by atoms with Crippen LogP contribution in [0.2, 0.25) is 0 Å². The quantitative estimate of drug-likeness (QED) is 0.766. The highest BCUT2D eigenvalue weighted by molar-refractivity contribution is 7.20.